The maximum Gasteiger partial charge on any atom is 1.00 e. The maximum absolute atomic E-state index is 12.3. The van der Waals surface area contributed by atoms with Gasteiger partial charge in [-0.15, -0.1) is 0 Å². The van der Waals surface area contributed by atoms with Crippen LogP contribution >= 0.6 is 12.0 Å². The minimum Gasteiger partial charge on any atom is -0.691 e. The number of hydrogen-bond donors (Lipinski definition) is 0. The molecule has 0 saturated heterocycles. The second-order valence-corrected chi connectivity index (χ2v) is 10.8. The van der Waals surface area contributed by atoms with Crippen molar-refractivity contribution in [1.29, 1.82) is 0 Å². The number of carbonyl (C=O) groups is 3. The molecule has 37 heavy (non-hydrogen) atoms. The van der Waals surface area contributed by atoms with Gasteiger partial charge in [0, 0.05) is 12.0 Å². The van der Waals surface area contributed by atoms with Gasteiger partial charge >= 0.3 is 41.5 Å². The van der Waals surface area contributed by atoms with Crippen molar-refractivity contribution >= 4 is 30.0 Å². The third-order valence-corrected chi connectivity index (χ3v) is 6.16. The first kappa shape index (κ1) is 41.1. The van der Waals surface area contributed by atoms with Crippen molar-refractivity contribution < 1.29 is 77.6 Å². The Morgan fingerprint density at radius 1 is 0.865 bits per heavy atom. The molecule has 214 valence electrons. The molecule has 0 bridgehead atoms. The first-order valence-electron chi connectivity index (χ1n) is 12.9. The predicted octanol–water partition coefficient (Wildman–Crippen LogP) is -0.417. The van der Waals surface area contributed by atoms with E-state index in [0.29, 0.717) is 29.1 Å². The monoisotopic (exact) mass is 561 g/mol. The van der Waals surface area contributed by atoms with Gasteiger partial charge in [0.05, 0.1) is 46.7 Å². The SMILES string of the molecule is CCCCC(CC)COC(=O)CC(SOO[O-])C(=O)OCC(CC)CCCC.C[N+](C)(C)CC(=O)[O-].[Na+]. The second-order valence-electron chi connectivity index (χ2n) is 9.89. The van der Waals surface area contributed by atoms with E-state index in [1.807, 2.05) is 0 Å². The van der Waals surface area contributed by atoms with Crippen LogP contribution in [-0.2, 0) is 33.2 Å². The third-order valence-electron chi connectivity index (χ3n) is 5.43. The van der Waals surface area contributed by atoms with Crippen LogP contribution in [0.2, 0.25) is 0 Å². The predicted molar refractivity (Wildman–Crippen MR) is 135 cm³/mol. The Hall–Kier alpha value is -0.400. The average Bonchev–Trinajstić information content (AvgIpc) is 2.80. The fraction of sp³-hybridized carbons (Fsp3) is 0.880. The number of hydrogen-bond acceptors (Lipinski definition) is 10. The zero-order chi connectivity index (χ0) is 28.0. The number of likely N-dealkylation sites (N-methyl/N-ethyl adjacent to an activating group) is 1. The van der Waals surface area contributed by atoms with E-state index in [0.717, 1.165) is 51.4 Å². The Balaban J connectivity index is -0.00000110. The van der Waals surface area contributed by atoms with E-state index in [4.69, 9.17) is 9.47 Å². The van der Waals surface area contributed by atoms with Crippen LogP contribution in [0.15, 0.2) is 0 Å². The van der Waals surface area contributed by atoms with Crippen molar-refractivity contribution in [3.8, 4) is 0 Å². The first-order chi connectivity index (χ1) is 16.9. The molecule has 0 radical (unpaired) electrons. The van der Waals surface area contributed by atoms with Gasteiger partial charge < -0.3 is 29.1 Å². The van der Waals surface area contributed by atoms with Gasteiger partial charge in [-0.05, 0) is 24.7 Å². The smallest absolute Gasteiger partial charge is 0.691 e. The maximum atomic E-state index is 12.3. The molecule has 0 aromatic rings. The largest absolute Gasteiger partial charge is 1.00 e. The van der Waals surface area contributed by atoms with E-state index in [2.05, 4.69) is 37.1 Å². The van der Waals surface area contributed by atoms with Crippen LogP contribution < -0.4 is 39.9 Å². The minimum absolute atomic E-state index is 0. The summed E-state index contributed by atoms with van der Waals surface area (Å²) in [7, 11) is 5.40. The zero-order valence-electron chi connectivity index (χ0n) is 24.2. The number of esters is 2. The summed E-state index contributed by atoms with van der Waals surface area (Å²) in [6.45, 7) is 9.03. The molecule has 0 heterocycles. The summed E-state index contributed by atoms with van der Waals surface area (Å²) in [4.78, 5) is 34.3. The molecular formula is C25H48NNaO9S. The minimum atomic E-state index is -1.00. The van der Waals surface area contributed by atoms with Crippen molar-refractivity contribution in [3.05, 3.63) is 0 Å². The second kappa shape index (κ2) is 25.9. The number of nitrogens with zero attached hydrogens (tertiary/aromatic N) is 1. The molecule has 0 spiro atoms. The van der Waals surface area contributed by atoms with E-state index in [-0.39, 0.29) is 55.0 Å². The van der Waals surface area contributed by atoms with E-state index in [1.165, 1.54) is 0 Å². The molecule has 0 rings (SSSR count). The van der Waals surface area contributed by atoms with E-state index >= 15 is 0 Å². The Kier molecular flexibility index (Phi) is 28.7. The van der Waals surface area contributed by atoms with Crippen molar-refractivity contribution in [2.24, 2.45) is 11.8 Å². The van der Waals surface area contributed by atoms with Gasteiger partial charge in [0.25, 0.3) is 0 Å². The van der Waals surface area contributed by atoms with Gasteiger partial charge in [0.1, 0.15) is 11.8 Å². The van der Waals surface area contributed by atoms with Crippen LogP contribution in [0.1, 0.15) is 85.5 Å². The molecule has 0 aliphatic heterocycles. The molecule has 0 aromatic heterocycles. The summed E-state index contributed by atoms with van der Waals surface area (Å²) in [5.74, 6) is -1.53. The van der Waals surface area contributed by atoms with Crippen molar-refractivity contribution in [1.82, 2.24) is 0 Å². The number of aliphatic carboxylic acids is 1. The van der Waals surface area contributed by atoms with Gasteiger partial charge in [-0.25, -0.2) is 0 Å². The molecule has 0 N–H and O–H groups in total. The number of carboxylic acid groups (broad SMARTS) is 1. The number of quaternary nitrogens is 1. The van der Waals surface area contributed by atoms with Gasteiger partial charge in [-0.2, -0.15) is 4.33 Å². The normalized spacial score (nSPS) is 13.3. The van der Waals surface area contributed by atoms with Crippen LogP contribution in [-0.4, -0.2) is 68.5 Å². The fourth-order valence-corrected chi connectivity index (χ4v) is 3.60. The van der Waals surface area contributed by atoms with Gasteiger partial charge in [-0.1, -0.05) is 66.2 Å². The van der Waals surface area contributed by atoms with Crippen molar-refractivity contribution in [2.45, 2.75) is 90.7 Å². The number of rotatable bonds is 20. The Bertz CT molecular complexity index is 591. The molecule has 3 unspecified atom stereocenters. The molecule has 10 nitrogen and oxygen atoms in total. The van der Waals surface area contributed by atoms with Crippen molar-refractivity contribution in [3.63, 3.8) is 0 Å². The summed E-state index contributed by atoms with van der Waals surface area (Å²) in [6.07, 6.45) is 7.93. The Morgan fingerprint density at radius 3 is 1.70 bits per heavy atom. The molecule has 0 aliphatic carbocycles. The molecule has 0 fully saturated rings. The summed E-state index contributed by atoms with van der Waals surface area (Å²) >= 11 is 0.479. The molecule has 0 aliphatic rings. The van der Waals surface area contributed by atoms with Gasteiger partial charge in [0.2, 0.25) is 0 Å². The molecule has 0 amide bonds. The van der Waals surface area contributed by atoms with Crippen LogP contribution in [0.3, 0.4) is 0 Å². The number of unbranched alkanes of at least 4 members (excludes halogenated alkanes) is 2. The summed E-state index contributed by atoms with van der Waals surface area (Å²) in [6, 6.07) is 0. The third kappa shape index (κ3) is 27.0. The molecule has 0 aromatic carbocycles. The van der Waals surface area contributed by atoms with Crippen LogP contribution in [0.25, 0.3) is 0 Å². The fourth-order valence-electron chi connectivity index (χ4n) is 3.12. The first-order valence-corrected chi connectivity index (χ1v) is 13.7. The zero-order valence-corrected chi connectivity index (χ0v) is 27.1. The Morgan fingerprint density at radius 2 is 1.35 bits per heavy atom. The Labute approximate surface area is 250 Å². The number of carbonyl (C=O) groups excluding carboxylic acids is 3. The topological polar surface area (TPSA) is 134 Å². The van der Waals surface area contributed by atoms with Crippen molar-refractivity contribution in [2.75, 3.05) is 40.9 Å². The van der Waals surface area contributed by atoms with E-state index < -0.39 is 23.2 Å². The summed E-state index contributed by atoms with van der Waals surface area (Å²) < 4.78 is 15.4. The molecule has 12 heteroatoms. The molecule has 3 atom stereocenters. The summed E-state index contributed by atoms with van der Waals surface area (Å²) in [5.41, 5.74) is 0. The quantitative estimate of drug-likeness (QED) is 0.0482. The van der Waals surface area contributed by atoms with Crippen LogP contribution in [0.5, 0.6) is 0 Å². The van der Waals surface area contributed by atoms with E-state index in [1.54, 1.807) is 21.1 Å². The number of ether oxygens (including phenoxy) is 2. The van der Waals surface area contributed by atoms with Gasteiger partial charge in [0.15, 0.2) is 0 Å². The molecule has 0 saturated carbocycles. The van der Waals surface area contributed by atoms with E-state index in [9.17, 15) is 24.7 Å². The van der Waals surface area contributed by atoms with Crippen LogP contribution in [0, 0.1) is 11.8 Å². The van der Waals surface area contributed by atoms with Gasteiger partial charge in [-0.3, -0.25) is 14.6 Å². The molecular weight excluding hydrogens is 513 g/mol. The standard InChI is InChI=1S/C20H38O7S.C5H11NO2.Na/c1-5-9-11-16(7-3)14-24-19(21)13-18(28-27-26-23)20(22)25-15-17(8-4)12-10-6-2;1-6(2,3)4-5(7)8;/h16-18,23H,5-15H2,1-4H3;4H2,1-3H3;/q;;+1/p-1. The average molecular weight is 562 g/mol. The number of carboxylic acids is 1. The van der Waals surface area contributed by atoms with Crippen LogP contribution in [0.4, 0.5) is 0 Å². The summed E-state index contributed by atoms with van der Waals surface area (Å²) in [5, 5.41) is 22.3.